The van der Waals surface area contributed by atoms with Gasteiger partial charge in [-0.25, -0.2) is 5.01 Å². The number of carbonyl (C=O) groups excluding carboxylic acids is 2. The fraction of sp³-hybridized carbons (Fsp3) is 0.900. The average Bonchev–Trinajstić information content (AvgIpc) is 2.72. The molecular weight excluding hydrogens is 237 g/mol. The number of nitrogens with zero attached hydrogens (tertiary/aromatic N) is 1. The smallest absolute Gasteiger partial charge is 0.427 e. The van der Waals surface area contributed by atoms with E-state index in [2.05, 4.69) is 0 Å². The minimum atomic E-state index is -1.17. The van der Waals surface area contributed by atoms with E-state index in [0.717, 1.165) is 38.8 Å². The van der Waals surface area contributed by atoms with Crippen LogP contribution in [-0.2, 0) is 9.59 Å². The van der Waals surface area contributed by atoms with Gasteiger partial charge in [0.2, 0.25) is 0 Å². The topological polar surface area (TPSA) is 130 Å². The summed E-state index contributed by atoms with van der Waals surface area (Å²) in [6.45, 7) is 1.83. The minimum Gasteiger partial charge on any atom is -0.427 e. The molecule has 1 saturated heterocycles. The summed E-state index contributed by atoms with van der Waals surface area (Å²) in [5, 5.41) is 19.2. The van der Waals surface area contributed by atoms with Crippen LogP contribution in [0.5, 0.6) is 0 Å². The van der Waals surface area contributed by atoms with Crippen LogP contribution >= 0.6 is 0 Å². The number of nitrogens with two attached hydrogens (primary N) is 2. The summed E-state index contributed by atoms with van der Waals surface area (Å²) < 4.78 is 0. The van der Waals surface area contributed by atoms with E-state index < -0.39 is 7.12 Å². The molecule has 1 aliphatic heterocycles. The second-order valence-corrected chi connectivity index (χ2v) is 4.56. The predicted octanol–water partition coefficient (Wildman–Crippen LogP) is -1.43. The van der Waals surface area contributed by atoms with Gasteiger partial charge in [-0.15, -0.1) is 0 Å². The molecule has 1 fully saturated rings. The Morgan fingerprint density at radius 3 is 2.44 bits per heavy atom. The van der Waals surface area contributed by atoms with Gasteiger partial charge in [0.15, 0.2) is 0 Å². The molecule has 7 nitrogen and oxygen atoms in total. The number of hydrogen-bond donors (Lipinski definition) is 4. The molecule has 0 bridgehead atoms. The molecule has 0 aromatic heterocycles. The predicted molar refractivity (Wildman–Crippen MR) is 65.7 cm³/mol. The maximum absolute atomic E-state index is 8.66. The Kier molecular flexibility index (Phi) is 9.77. The molecule has 1 heterocycles. The van der Waals surface area contributed by atoms with Crippen molar-refractivity contribution in [2.45, 2.75) is 38.0 Å². The normalized spacial score (nSPS) is 20.8. The first-order valence-corrected chi connectivity index (χ1v) is 6.11. The molecule has 0 aliphatic carbocycles. The lowest BCUT2D eigenvalue weighted by Crippen LogP contribution is -2.34. The average molecular weight is 259 g/mol. The second-order valence-electron chi connectivity index (χ2n) is 4.56. The molecule has 0 amide bonds. The number of hydrogen-bond acceptors (Lipinski definition) is 7. The van der Waals surface area contributed by atoms with Crippen LogP contribution < -0.4 is 11.6 Å². The highest BCUT2D eigenvalue weighted by Gasteiger charge is 2.25. The molecule has 1 aliphatic rings. The maximum atomic E-state index is 8.66. The van der Waals surface area contributed by atoms with Gasteiger partial charge >= 0.3 is 13.3 Å². The van der Waals surface area contributed by atoms with Crippen molar-refractivity contribution in [2.24, 2.45) is 17.5 Å². The molecule has 1 rings (SSSR count). The van der Waals surface area contributed by atoms with E-state index in [4.69, 9.17) is 31.2 Å². The molecule has 0 aromatic carbocycles. The van der Waals surface area contributed by atoms with Gasteiger partial charge in [-0.05, 0) is 25.1 Å². The zero-order valence-corrected chi connectivity index (χ0v) is 10.5. The third kappa shape index (κ3) is 8.35. The Labute approximate surface area is 107 Å². The van der Waals surface area contributed by atoms with Crippen LogP contribution in [0.1, 0.15) is 25.7 Å². The standard InChI is InChI=1S/C9H22BN3O2.CO2/c11-9(3-1-2-5-10(14)15)8-4-6-13(12)7-8;2-1-3/h8-9,14-15H,1-7,11-12H2;/t8-,9?;/m0./s1. The quantitative estimate of drug-likeness (QED) is 0.261. The summed E-state index contributed by atoms with van der Waals surface area (Å²) in [6, 6.07) is 0.203. The summed E-state index contributed by atoms with van der Waals surface area (Å²) in [5.74, 6) is 6.18. The van der Waals surface area contributed by atoms with E-state index in [9.17, 15) is 0 Å². The van der Waals surface area contributed by atoms with Gasteiger partial charge in [-0.3, -0.25) is 5.84 Å². The fourth-order valence-electron chi connectivity index (χ4n) is 2.11. The largest absolute Gasteiger partial charge is 0.451 e. The highest BCUT2D eigenvalue weighted by molar-refractivity contribution is 6.40. The first-order chi connectivity index (χ1) is 8.51. The molecule has 0 aromatic rings. The van der Waals surface area contributed by atoms with Crippen LogP contribution in [0.25, 0.3) is 0 Å². The molecule has 0 radical (unpaired) electrons. The molecular formula is C10H22BN3O4. The van der Waals surface area contributed by atoms with Crippen LogP contribution in [-0.4, -0.2) is 47.5 Å². The first-order valence-electron chi connectivity index (χ1n) is 6.11. The van der Waals surface area contributed by atoms with Crippen LogP contribution in [0, 0.1) is 5.92 Å². The Morgan fingerprint density at radius 2 is 2.00 bits per heavy atom. The monoisotopic (exact) mass is 259 g/mol. The zero-order chi connectivity index (χ0) is 14.0. The van der Waals surface area contributed by atoms with Gasteiger partial charge in [-0.2, -0.15) is 9.59 Å². The first kappa shape index (κ1) is 17.2. The van der Waals surface area contributed by atoms with Crippen LogP contribution in [0.3, 0.4) is 0 Å². The Hall–Kier alpha value is -0.755. The van der Waals surface area contributed by atoms with Crippen molar-refractivity contribution in [3.63, 3.8) is 0 Å². The number of hydrazine groups is 1. The van der Waals surface area contributed by atoms with E-state index in [-0.39, 0.29) is 12.2 Å². The highest BCUT2D eigenvalue weighted by atomic mass is 16.4. The molecule has 2 atom stereocenters. The van der Waals surface area contributed by atoms with E-state index in [1.54, 1.807) is 0 Å². The van der Waals surface area contributed by atoms with Gasteiger partial charge < -0.3 is 15.8 Å². The molecule has 6 N–H and O–H groups in total. The van der Waals surface area contributed by atoms with Crippen molar-refractivity contribution in [1.29, 1.82) is 0 Å². The Balaban J connectivity index is 0.000000873. The van der Waals surface area contributed by atoms with Gasteiger partial charge in [0.1, 0.15) is 0 Å². The summed E-state index contributed by atoms with van der Waals surface area (Å²) in [7, 11) is -1.17. The maximum Gasteiger partial charge on any atom is 0.451 e. The number of unbranched alkanes of at least 4 members (excludes halogenated alkanes) is 1. The van der Waals surface area contributed by atoms with Gasteiger partial charge in [0, 0.05) is 19.1 Å². The van der Waals surface area contributed by atoms with Crippen molar-refractivity contribution in [3.05, 3.63) is 0 Å². The zero-order valence-electron chi connectivity index (χ0n) is 10.5. The lowest BCUT2D eigenvalue weighted by Gasteiger charge is -2.18. The van der Waals surface area contributed by atoms with Gasteiger partial charge in [0.25, 0.3) is 0 Å². The molecule has 104 valence electrons. The van der Waals surface area contributed by atoms with Crippen molar-refractivity contribution in [2.75, 3.05) is 13.1 Å². The van der Waals surface area contributed by atoms with E-state index >= 15 is 0 Å². The molecule has 1 unspecified atom stereocenters. The molecule has 18 heavy (non-hydrogen) atoms. The number of rotatable bonds is 6. The Bertz CT molecular complexity index is 249. The summed E-state index contributed by atoms with van der Waals surface area (Å²) in [4.78, 5) is 16.2. The van der Waals surface area contributed by atoms with Crippen LogP contribution in [0.15, 0.2) is 0 Å². The lowest BCUT2D eigenvalue weighted by atomic mass is 9.82. The third-order valence-corrected chi connectivity index (χ3v) is 3.11. The summed E-state index contributed by atoms with van der Waals surface area (Å²) in [6.07, 6.45) is 4.51. The van der Waals surface area contributed by atoms with Crippen molar-refractivity contribution < 1.29 is 19.6 Å². The van der Waals surface area contributed by atoms with E-state index in [1.165, 1.54) is 0 Å². The minimum absolute atomic E-state index is 0.203. The van der Waals surface area contributed by atoms with Crippen molar-refractivity contribution in [1.82, 2.24) is 5.01 Å². The Morgan fingerprint density at radius 1 is 1.39 bits per heavy atom. The highest BCUT2D eigenvalue weighted by Crippen LogP contribution is 2.19. The summed E-state index contributed by atoms with van der Waals surface area (Å²) >= 11 is 0. The van der Waals surface area contributed by atoms with E-state index in [0.29, 0.717) is 12.2 Å². The van der Waals surface area contributed by atoms with Crippen molar-refractivity contribution in [3.8, 4) is 0 Å². The lowest BCUT2D eigenvalue weighted by molar-refractivity contribution is -0.191. The molecule has 0 spiro atoms. The van der Waals surface area contributed by atoms with Gasteiger partial charge in [-0.1, -0.05) is 12.8 Å². The SMILES string of the molecule is NC(CCCCB(O)O)[C@H]1CCN(N)C1.O=C=O. The van der Waals surface area contributed by atoms with Gasteiger partial charge in [0.05, 0.1) is 0 Å². The molecule has 0 saturated carbocycles. The van der Waals surface area contributed by atoms with Crippen molar-refractivity contribution >= 4 is 13.3 Å². The van der Waals surface area contributed by atoms with E-state index in [1.807, 2.05) is 5.01 Å². The van der Waals surface area contributed by atoms with Crippen LogP contribution in [0.2, 0.25) is 6.32 Å². The fourth-order valence-corrected chi connectivity index (χ4v) is 2.11. The summed E-state index contributed by atoms with van der Waals surface area (Å²) in [5.41, 5.74) is 6.05. The van der Waals surface area contributed by atoms with Crippen LogP contribution in [0.4, 0.5) is 0 Å². The third-order valence-electron chi connectivity index (χ3n) is 3.11. The molecule has 8 heteroatoms. The second kappa shape index (κ2) is 10.2.